The maximum atomic E-state index is 10.8. The summed E-state index contributed by atoms with van der Waals surface area (Å²) in [7, 11) is 0. The van der Waals surface area contributed by atoms with Crippen molar-refractivity contribution in [3.8, 4) is 6.07 Å². The Labute approximate surface area is 215 Å². The molecule has 0 atom stereocenters. The minimum atomic E-state index is -1.15. The highest BCUT2D eigenvalue weighted by atomic mass is 16.6. The number of non-ortho nitro benzene ring substituents is 3. The molecule has 14 heteroatoms. The lowest BCUT2D eigenvalue weighted by Gasteiger charge is -1.99. The third-order valence-electron chi connectivity index (χ3n) is 4.91. The molecule has 3 aromatic carbocycles. The lowest BCUT2D eigenvalue weighted by Crippen LogP contribution is -2.12. The number of aromatic carboxylic acids is 1. The lowest BCUT2D eigenvalue weighted by molar-refractivity contribution is -0.385. The number of primary amides is 1. The fourth-order valence-corrected chi connectivity index (χ4v) is 2.79. The van der Waals surface area contributed by atoms with Crippen LogP contribution in [0.4, 0.5) is 17.1 Å². The molecule has 0 unspecified atom stereocenters. The van der Waals surface area contributed by atoms with E-state index in [-0.39, 0.29) is 28.2 Å². The normalized spacial score (nSPS) is 9.42. The van der Waals surface area contributed by atoms with Crippen molar-refractivity contribution in [1.29, 1.82) is 5.26 Å². The van der Waals surface area contributed by atoms with Gasteiger partial charge in [0.1, 0.15) is 0 Å². The molecule has 1 amide bonds. The van der Waals surface area contributed by atoms with Gasteiger partial charge >= 0.3 is 5.97 Å². The molecule has 0 saturated heterocycles. The topological polar surface area (TPSA) is 234 Å². The predicted octanol–water partition coefficient (Wildman–Crippen LogP) is 4.38. The van der Waals surface area contributed by atoms with Crippen molar-refractivity contribution >= 4 is 28.9 Å². The van der Waals surface area contributed by atoms with Crippen LogP contribution in [0.2, 0.25) is 0 Å². The Morgan fingerprint density at radius 1 is 0.737 bits per heavy atom. The highest BCUT2D eigenvalue weighted by molar-refractivity contribution is 5.94. The van der Waals surface area contributed by atoms with Crippen LogP contribution < -0.4 is 5.73 Å². The Hall–Kier alpha value is -5.71. The third kappa shape index (κ3) is 8.50. The summed E-state index contributed by atoms with van der Waals surface area (Å²) in [5.74, 6) is -1.80. The zero-order chi connectivity index (χ0) is 29.2. The van der Waals surface area contributed by atoms with Crippen molar-refractivity contribution in [2.75, 3.05) is 0 Å². The molecule has 38 heavy (non-hydrogen) atoms. The molecular weight excluding hydrogens is 502 g/mol. The lowest BCUT2D eigenvalue weighted by atomic mass is 10.1. The molecule has 0 aromatic heterocycles. The average Bonchev–Trinajstić information content (AvgIpc) is 2.84. The summed E-state index contributed by atoms with van der Waals surface area (Å²) in [6, 6.07) is 13.9. The molecule has 196 valence electrons. The van der Waals surface area contributed by atoms with Gasteiger partial charge in [-0.1, -0.05) is 18.2 Å². The number of benzene rings is 3. The number of amides is 1. The van der Waals surface area contributed by atoms with E-state index >= 15 is 0 Å². The number of carbonyl (C=O) groups excluding carboxylic acids is 1. The number of aryl methyl sites for hydroxylation is 3. The van der Waals surface area contributed by atoms with Crippen molar-refractivity contribution in [1.82, 2.24) is 0 Å². The Morgan fingerprint density at radius 3 is 1.47 bits per heavy atom. The highest BCUT2D eigenvalue weighted by Crippen LogP contribution is 2.18. The van der Waals surface area contributed by atoms with E-state index in [1.807, 2.05) is 6.07 Å². The second-order valence-electron chi connectivity index (χ2n) is 7.55. The van der Waals surface area contributed by atoms with Crippen molar-refractivity contribution < 1.29 is 29.5 Å². The van der Waals surface area contributed by atoms with E-state index < -0.39 is 26.6 Å². The van der Waals surface area contributed by atoms with Gasteiger partial charge < -0.3 is 10.8 Å². The average molecular weight is 523 g/mol. The first-order valence-corrected chi connectivity index (χ1v) is 10.4. The van der Waals surface area contributed by atoms with Gasteiger partial charge in [0.2, 0.25) is 5.91 Å². The SMILES string of the molecule is Cc1ccc([N+](=O)[O-])cc1C#N.Cc1ccc([N+](=O)[O-])cc1C(=O)O.Cc1ccc([N+](=O)[O-])cc1C(N)=O. The second kappa shape index (κ2) is 13.4. The number of nitrogens with zero attached hydrogens (tertiary/aromatic N) is 4. The summed E-state index contributed by atoms with van der Waals surface area (Å²) in [4.78, 5) is 50.6. The van der Waals surface area contributed by atoms with Crippen molar-refractivity contribution in [2.45, 2.75) is 20.8 Å². The zero-order valence-electron chi connectivity index (χ0n) is 20.3. The fourth-order valence-electron chi connectivity index (χ4n) is 2.79. The van der Waals surface area contributed by atoms with Crippen molar-refractivity contribution in [3.05, 3.63) is 118 Å². The van der Waals surface area contributed by atoms with E-state index in [2.05, 4.69) is 0 Å². The minimum absolute atomic E-state index is 0.0331. The molecule has 14 nitrogen and oxygen atoms in total. The molecule has 0 aliphatic carbocycles. The minimum Gasteiger partial charge on any atom is -0.478 e. The summed E-state index contributed by atoms with van der Waals surface area (Å²) in [5, 5.41) is 48.1. The van der Waals surface area contributed by atoms with Crippen LogP contribution in [0.1, 0.15) is 43.0 Å². The van der Waals surface area contributed by atoms with Crippen LogP contribution >= 0.6 is 0 Å². The Bertz CT molecular complexity index is 1390. The molecule has 0 bridgehead atoms. The second-order valence-corrected chi connectivity index (χ2v) is 7.55. The first-order chi connectivity index (χ1) is 17.7. The number of carboxylic acid groups (broad SMARTS) is 1. The number of carbonyl (C=O) groups is 2. The number of carboxylic acids is 1. The van der Waals surface area contributed by atoms with E-state index in [1.54, 1.807) is 26.8 Å². The summed E-state index contributed by atoms with van der Waals surface area (Å²) in [6.45, 7) is 5.00. The molecule has 0 aliphatic rings. The van der Waals surface area contributed by atoms with Crippen LogP contribution in [0.25, 0.3) is 0 Å². The van der Waals surface area contributed by atoms with E-state index in [0.29, 0.717) is 16.7 Å². The standard InChI is InChI=1S/C8H8N2O3.C8H6N2O2.C8H7NO4/c1-5-2-3-6(10(12)13)4-7(5)8(9)11;1-6-2-3-8(10(11)12)4-7(6)5-9;1-5-2-3-6(9(12)13)4-7(5)8(10)11/h2-4H,1H3,(H2,9,11);2-4H,1H3;2-4H,1H3,(H,10,11). The third-order valence-corrected chi connectivity index (χ3v) is 4.91. The van der Waals surface area contributed by atoms with E-state index in [1.165, 1.54) is 42.5 Å². The molecule has 0 heterocycles. The van der Waals surface area contributed by atoms with Gasteiger partial charge in [-0.25, -0.2) is 4.79 Å². The fraction of sp³-hybridized carbons (Fsp3) is 0.125. The van der Waals surface area contributed by atoms with Gasteiger partial charge in [0, 0.05) is 42.0 Å². The van der Waals surface area contributed by atoms with Crippen LogP contribution in [0.5, 0.6) is 0 Å². The number of nitrogens with two attached hydrogens (primary N) is 1. The number of nitriles is 1. The smallest absolute Gasteiger partial charge is 0.336 e. The van der Waals surface area contributed by atoms with Gasteiger partial charge in [-0.3, -0.25) is 35.1 Å². The first kappa shape index (κ1) is 30.3. The van der Waals surface area contributed by atoms with Crippen LogP contribution in [0, 0.1) is 62.4 Å². The summed E-state index contributed by atoms with van der Waals surface area (Å²) < 4.78 is 0. The number of nitro benzene ring substituents is 3. The van der Waals surface area contributed by atoms with Gasteiger partial charge in [0.15, 0.2) is 0 Å². The van der Waals surface area contributed by atoms with Gasteiger partial charge in [-0.05, 0) is 37.5 Å². The molecule has 0 aliphatic heterocycles. The predicted molar refractivity (Wildman–Crippen MR) is 134 cm³/mol. The van der Waals surface area contributed by atoms with Gasteiger partial charge in [-0.15, -0.1) is 0 Å². The van der Waals surface area contributed by atoms with Crippen LogP contribution in [-0.2, 0) is 0 Å². The summed E-state index contributed by atoms with van der Waals surface area (Å²) in [5.41, 5.74) is 7.06. The van der Waals surface area contributed by atoms with Gasteiger partial charge in [0.05, 0.1) is 32.0 Å². The molecule has 3 N–H and O–H groups in total. The van der Waals surface area contributed by atoms with Crippen molar-refractivity contribution in [3.63, 3.8) is 0 Å². The first-order valence-electron chi connectivity index (χ1n) is 10.4. The molecule has 0 fully saturated rings. The number of rotatable bonds is 5. The van der Waals surface area contributed by atoms with E-state index in [9.17, 15) is 39.9 Å². The molecule has 3 rings (SSSR count). The van der Waals surface area contributed by atoms with E-state index in [4.69, 9.17) is 16.1 Å². The quantitative estimate of drug-likeness (QED) is 0.353. The van der Waals surface area contributed by atoms with Gasteiger partial charge in [-0.2, -0.15) is 5.26 Å². The largest absolute Gasteiger partial charge is 0.478 e. The molecular formula is C24H21N5O9. The number of hydrogen-bond acceptors (Lipinski definition) is 9. The molecule has 3 aromatic rings. The Kier molecular flexibility index (Phi) is 10.7. The number of nitro groups is 3. The molecule has 0 saturated carbocycles. The number of hydrogen-bond donors (Lipinski definition) is 2. The maximum absolute atomic E-state index is 10.8. The van der Waals surface area contributed by atoms with Crippen LogP contribution in [0.15, 0.2) is 54.6 Å². The maximum Gasteiger partial charge on any atom is 0.336 e. The zero-order valence-corrected chi connectivity index (χ0v) is 20.3. The van der Waals surface area contributed by atoms with Crippen LogP contribution in [-0.4, -0.2) is 31.8 Å². The monoisotopic (exact) mass is 523 g/mol. The van der Waals surface area contributed by atoms with Crippen molar-refractivity contribution in [2.24, 2.45) is 5.73 Å². The Morgan fingerprint density at radius 2 is 1.11 bits per heavy atom. The summed E-state index contributed by atoms with van der Waals surface area (Å²) in [6.07, 6.45) is 0. The van der Waals surface area contributed by atoms with E-state index in [0.717, 1.165) is 11.6 Å². The molecule has 0 spiro atoms. The molecule has 0 radical (unpaired) electrons. The highest BCUT2D eigenvalue weighted by Gasteiger charge is 2.13. The van der Waals surface area contributed by atoms with Gasteiger partial charge in [0.25, 0.3) is 17.1 Å². The van der Waals surface area contributed by atoms with Crippen LogP contribution in [0.3, 0.4) is 0 Å². The summed E-state index contributed by atoms with van der Waals surface area (Å²) >= 11 is 0. The Balaban J connectivity index is 0.000000285.